The van der Waals surface area contributed by atoms with Gasteiger partial charge in [0.15, 0.2) is 16.9 Å². The van der Waals surface area contributed by atoms with Gasteiger partial charge in [0.1, 0.15) is 17.2 Å². The number of benzene rings is 2. The van der Waals surface area contributed by atoms with Gasteiger partial charge >= 0.3 is 0 Å². The molecule has 33 heavy (non-hydrogen) atoms. The third-order valence-corrected chi connectivity index (χ3v) is 5.55. The van der Waals surface area contributed by atoms with Crippen LogP contribution in [0, 0.1) is 12.7 Å². The maximum atomic E-state index is 13.9. The van der Waals surface area contributed by atoms with Gasteiger partial charge in [-0.1, -0.05) is 12.1 Å². The van der Waals surface area contributed by atoms with Crippen LogP contribution in [0.3, 0.4) is 0 Å². The molecule has 1 aliphatic heterocycles. The van der Waals surface area contributed by atoms with Crippen molar-refractivity contribution >= 4 is 22.7 Å². The van der Waals surface area contributed by atoms with Crippen molar-refractivity contribution in [2.75, 3.05) is 11.5 Å². The number of carbonyl (C=O) groups excluding carboxylic acids is 1. The summed E-state index contributed by atoms with van der Waals surface area (Å²) < 4.78 is 25.3. The second-order valence-corrected chi connectivity index (χ2v) is 7.69. The lowest BCUT2D eigenvalue weighted by atomic mass is 9.98. The second kappa shape index (κ2) is 7.74. The molecule has 4 aromatic rings. The minimum atomic E-state index is -0.912. The molecule has 0 radical (unpaired) electrons. The van der Waals surface area contributed by atoms with Gasteiger partial charge in [-0.05, 0) is 61.9 Å². The summed E-state index contributed by atoms with van der Waals surface area (Å²) in [6, 6.07) is 12.5. The van der Waals surface area contributed by atoms with Crippen molar-refractivity contribution < 1.29 is 23.4 Å². The Morgan fingerprint density at radius 1 is 1.15 bits per heavy atom. The molecule has 7 nitrogen and oxygen atoms in total. The monoisotopic (exact) mass is 446 g/mol. The molecule has 0 fully saturated rings. The molecule has 0 aliphatic carbocycles. The molecular weight excluding hydrogens is 427 g/mol. The van der Waals surface area contributed by atoms with E-state index in [-0.39, 0.29) is 33.8 Å². The van der Waals surface area contributed by atoms with E-state index in [1.165, 1.54) is 23.1 Å². The van der Waals surface area contributed by atoms with E-state index in [2.05, 4.69) is 4.98 Å². The van der Waals surface area contributed by atoms with Crippen LogP contribution < -0.4 is 15.1 Å². The van der Waals surface area contributed by atoms with E-state index < -0.39 is 23.2 Å². The van der Waals surface area contributed by atoms with Crippen molar-refractivity contribution in [3.05, 3.63) is 93.2 Å². The van der Waals surface area contributed by atoms with Crippen LogP contribution in [0.25, 0.3) is 11.0 Å². The molecule has 1 unspecified atom stereocenters. The number of aromatic nitrogens is 1. The van der Waals surface area contributed by atoms with Crippen LogP contribution in [-0.4, -0.2) is 22.6 Å². The minimum Gasteiger partial charge on any atom is -0.504 e. The highest BCUT2D eigenvalue weighted by molar-refractivity contribution is 6.10. The molecule has 1 amide bonds. The van der Waals surface area contributed by atoms with Crippen LogP contribution >= 0.6 is 0 Å². The first-order valence-corrected chi connectivity index (χ1v) is 10.4. The third-order valence-electron chi connectivity index (χ3n) is 5.55. The lowest BCUT2D eigenvalue weighted by molar-refractivity contribution is 0.0970. The van der Waals surface area contributed by atoms with Gasteiger partial charge in [0.25, 0.3) is 5.91 Å². The highest BCUT2D eigenvalue weighted by Crippen LogP contribution is 2.42. The summed E-state index contributed by atoms with van der Waals surface area (Å²) in [7, 11) is 0. The van der Waals surface area contributed by atoms with Crippen LogP contribution in [0.15, 0.2) is 63.8 Å². The fourth-order valence-electron chi connectivity index (χ4n) is 4.13. The molecule has 1 atom stereocenters. The standard InChI is InChI=1S/C25H19FN2O5/c1-3-32-19-11-14(7-9-17(19)29)22-21-23(30)16-12-15(26)8-10-18(16)33-24(21)25(31)28(22)20-6-4-5-13(2)27-20/h4-12,22,29H,3H2,1-2H3. The first-order valence-electron chi connectivity index (χ1n) is 10.4. The van der Waals surface area contributed by atoms with E-state index >= 15 is 0 Å². The predicted octanol–water partition coefficient (Wildman–Crippen LogP) is 4.49. The van der Waals surface area contributed by atoms with Crippen molar-refractivity contribution in [2.24, 2.45) is 0 Å². The molecule has 8 heteroatoms. The maximum Gasteiger partial charge on any atom is 0.296 e. The van der Waals surface area contributed by atoms with Crippen LogP contribution in [0.4, 0.5) is 10.2 Å². The smallest absolute Gasteiger partial charge is 0.296 e. The molecule has 0 spiro atoms. The number of anilines is 1. The van der Waals surface area contributed by atoms with Gasteiger partial charge in [0, 0.05) is 5.69 Å². The molecular formula is C25H19FN2O5. The number of nitrogens with zero attached hydrogens (tertiary/aromatic N) is 2. The number of pyridine rings is 1. The number of fused-ring (bicyclic) bond motifs is 2. The van der Waals surface area contributed by atoms with E-state index in [1.54, 1.807) is 44.2 Å². The molecule has 2 aromatic carbocycles. The summed E-state index contributed by atoms with van der Waals surface area (Å²) in [5.41, 5.74) is 0.879. The van der Waals surface area contributed by atoms with Crippen molar-refractivity contribution in [3.63, 3.8) is 0 Å². The zero-order chi connectivity index (χ0) is 23.3. The van der Waals surface area contributed by atoms with Gasteiger partial charge in [-0.3, -0.25) is 14.5 Å². The Balaban J connectivity index is 1.81. The van der Waals surface area contributed by atoms with Gasteiger partial charge < -0.3 is 14.3 Å². The summed E-state index contributed by atoms with van der Waals surface area (Å²) in [5.74, 6) is -0.781. The molecule has 0 saturated heterocycles. The van der Waals surface area contributed by atoms with Gasteiger partial charge in [0.2, 0.25) is 5.76 Å². The molecule has 3 heterocycles. The summed E-state index contributed by atoms with van der Waals surface area (Å²) in [4.78, 5) is 32.9. The largest absolute Gasteiger partial charge is 0.504 e. The zero-order valence-corrected chi connectivity index (χ0v) is 17.8. The van der Waals surface area contributed by atoms with E-state index in [4.69, 9.17) is 9.15 Å². The Morgan fingerprint density at radius 2 is 1.97 bits per heavy atom. The summed E-state index contributed by atoms with van der Waals surface area (Å²) in [5, 5.41) is 10.2. The van der Waals surface area contributed by atoms with Crippen molar-refractivity contribution in [2.45, 2.75) is 19.9 Å². The number of carbonyl (C=O) groups is 1. The average molecular weight is 446 g/mol. The van der Waals surface area contributed by atoms with E-state index in [0.717, 1.165) is 6.07 Å². The molecule has 166 valence electrons. The van der Waals surface area contributed by atoms with Crippen molar-refractivity contribution in [1.82, 2.24) is 4.98 Å². The highest BCUT2D eigenvalue weighted by atomic mass is 19.1. The van der Waals surface area contributed by atoms with E-state index in [0.29, 0.717) is 23.7 Å². The normalized spacial score (nSPS) is 15.2. The summed E-state index contributed by atoms with van der Waals surface area (Å²) in [6.45, 7) is 3.88. The van der Waals surface area contributed by atoms with E-state index in [1.807, 2.05) is 0 Å². The summed E-state index contributed by atoms with van der Waals surface area (Å²) >= 11 is 0. The molecule has 1 N–H and O–H groups in total. The lowest BCUT2D eigenvalue weighted by Gasteiger charge is -2.25. The Bertz CT molecular complexity index is 1480. The van der Waals surface area contributed by atoms with Crippen LogP contribution in [0.2, 0.25) is 0 Å². The third kappa shape index (κ3) is 3.31. The van der Waals surface area contributed by atoms with Crippen LogP contribution in [0.1, 0.15) is 40.3 Å². The van der Waals surface area contributed by atoms with Crippen molar-refractivity contribution in [3.8, 4) is 11.5 Å². The molecule has 0 saturated carbocycles. The number of hydrogen-bond donors (Lipinski definition) is 1. The Morgan fingerprint density at radius 3 is 2.73 bits per heavy atom. The number of aryl methyl sites for hydroxylation is 1. The minimum absolute atomic E-state index is 0.0365. The zero-order valence-electron chi connectivity index (χ0n) is 17.8. The molecule has 5 rings (SSSR count). The predicted molar refractivity (Wildman–Crippen MR) is 119 cm³/mol. The van der Waals surface area contributed by atoms with Gasteiger partial charge in [-0.25, -0.2) is 9.37 Å². The fraction of sp³-hybridized carbons (Fsp3) is 0.160. The number of rotatable bonds is 4. The fourth-order valence-corrected chi connectivity index (χ4v) is 4.13. The number of phenolic OH excluding ortho intramolecular Hbond substituents is 1. The van der Waals surface area contributed by atoms with E-state index in [9.17, 15) is 19.1 Å². The van der Waals surface area contributed by atoms with Gasteiger partial charge in [-0.15, -0.1) is 0 Å². The SMILES string of the molecule is CCOc1cc(C2c3c(oc4ccc(F)cc4c3=O)C(=O)N2c2cccc(C)n2)ccc1O. The molecule has 1 aliphatic rings. The van der Waals surface area contributed by atoms with Crippen LogP contribution in [-0.2, 0) is 0 Å². The first kappa shape index (κ1) is 20.7. The number of aromatic hydroxyl groups is 1. The first-order chi connectivity index (χ1) is 15.9. The highest BCUT2D eigenvalue weighted by Gasteiger charge is 2.44. The maximum absolute atomic E-state index is 13.9. The lowest BCUT2D eigenvalue weighted by Crippen LogP contribution is -2.30. The van der Waals surface area contributed by atoms with Gasteiger partial charge in [0.05, 0.1) is 23.6 Å². The second-order valence-electron chi connectivity index (χ2n) is 7.69. The Hall–Kier alpha value is -4.20. The number of phenols is 1. The quantitative estimate of drug-likeness (QED) is 0.497. The Labute approximate surface area is 187 Å². The Kier molecular flexibility index (Phi) is 4.85. The van der Waals surface area contributed by atoms with Gasteiger partial charge in [-0.2, -0.15) is 0 Å². The summed E-state index contributed by atoms with van der Waals surface area (Å²) in [6.07, 6.45) is 0. The van der Waals surface area contributed by atoms with Crippen LogP contribution in [0.5, 0.6) is 11.5 Å². The topological polar surface area (TPSA) is 92.9 Å². The number of hydrogen-bond acceptors (Lipinski definition) is 6. The average Bonchev–Trinajstić information content (AvgIpc) is 3.08. The molecule has 0 bridgehead atoms. The molecule has 2 aromatic heterocycles. The van der Waals surface area contributed by atoms with Crippen molar-refractivity contribution in [1.29, 1.82) is 0 Å². The number of halogens is 1. The number of amides is 1. The number of ether oxygens (including phenoxy) is 1.